The average Bonchev–Trinajstić information content (AvgIpc) is 2.58. The molecule has 0 saturated carbocycles. The van der Waals surface area contributed by atoms with Gasteiger partial charge in [0.25, 0.3) is 0 Å². The van der Waals surface area contributed by atoms with Crippen LogP contribution >= 0.6 is 0 Å². The van der Waals surface area contributed by atoms with Crippen molar-refractivity contribution in [1.82, 2.24) is 4.90 Å². The molecule has 2 nitrogen and oxygen atoms in total. The molecule has 0 atom stereocenters. The van der Waals surface area contributed by atoms with Gasteiger partial charge < -0.3 is 9.64 Å². The second kappa shape index (κ2) is 9.65. The highest BCUT2D eigenvalue weighted by Gasteiger charge is 2.19. The maximum Gasteiger partial charge on any atom is 0.119 e. The van der Waals surface area contributed by atoms with Crippen LogP contribution in [0.25, 0.3) is 0 Å². The van der Waals surface area contributed by atoms with Gasteiger partial charge in [0.1, 0.15) is 5.75 Å². The van der Waals surface area contributed by atoms with Crippen LogP contribution in [0.3, 0.4) is 0 Å². The van der Waals surface area contributed by atoms with Crippen LogP contribution in [-0.2, 0) is 6.42 Å². The molecule has 1 heterocycles. The summed E-state index contributed by atoms with van der Waals surface area (Å²) in [5.41, 5.74) is 1.76. The minimum atomic E-state index is 0.125. The highest BCUT2D eigenvalue weighted by atomic mass is 16.5. The number of hydrogen-bond donors (Lipinski definition) is 0. The Balaban J connectivity index is 1.70. The lowest BCUT2D eigenvalue weighted by Crippen LogP contribution is -2.34. The van der Waals surface area contributed by atoms with Gasteiger partial charge in [-0.2, -0.15) is 0 Å². The Kier molecular flexibility index (Phi) is 7.80. The zero-order valence-corrected chi connectivity index (χ0v) is 18.4. The Hall–Kier alpha value is -1.46. The lowest BCUT2D eigenvalue weighted by molar-refractivity contribution is 0.187. The van der Waals surface area contributed by atoms with Crippen molar-refractivity contribution in [3.63, 3.8) is 0 Å². The molecule has 0 aliphatic carbocycles. The van der Waals surface area contributed by atoms with Crippen LogP contribution in [0.1, 0.15) is 66.4 Å². The Morgan fingerprint density at radius 1 is 1.00 bits per heavy atom. The summed E-state index contributed by atoms with van der Waals surface area (Å²) >= 11 is 0. The predicted molar refractivity (Wildman–Crippen MR) is 116 cm³/mol. The molecular formula is C25H39NO. The molecule has 0 radical (unpaired) electrons. The largest absolute Gasteiger partial charge is 0.493 e. The number of piperidine rings is 1. The third kappa shape index (κ3) is 9.34. The SMILES string of the molecule is CC(C)(C)C#CCCN1CCC(Cc2ccc(OCC(C)(C)C)cc2)CC1. The number of rotatable bonds is 6. The molecule has 1 fully saturated rings. The first-order valence-corrected chi connectivity index (χ1v) is 10.5. The van der Waals surface area contributed by atoms with Crippen LogP contribution in [0.4, 0.5) is 0 Å². The van der Waals surface area contributed by atoms with E-state index < -0.39 is 0 Å². The Labute approximate surface area is 167 Å². The maximum absolute atomic E-state index is 5.88. The van der Waals surface area contributed by atoms with E-state index in [0.29, 0.717) is 0 Å². The monoisotopic (exact) mass is 369 g/mol. The second-order valence-corrected chi connectivity index (χ2v) is 10.3. The van der Waals surface area contributed by atoms with Crippen molar-refractivity contribution in [2.75, 3.05) is 26.2 Å². The van der Waals surface area contributed by atoms with Crippen LogP contribution in [0.15, 0.2) is 24.3 Å². The number of likely N-dealkylation sites (tertiary alicyclic amines) is 1. The predicted octanol–water partition coefficient (Wildman–Crippen LogP) is 5.81. The number of benzene rings is 1. The lowest BCUT2D eigenvalue weighted by atomic mass is 9.90. The maximum atomic E-state index is 5.88. The summed E-state index contributed by atoms with van der Waals surface area (Å²) in [6.45, 7) is 17.4. The van der Waals surface area contributed by atoms with E-state index in [-0.39, 0.29) is 10.8 Å². The van der Waals surface area contributed by atoms with Gasteiger partial charge in [0.05, 0.1) is 6.61 Å². The summed E-state index contributed by atoms with van der Waals surface area (Å²) in [5.74, 6) is 8.48. The normalized spacial score (nSPS) is 16.7. The standard InChI is InChI=1S/C25H39NO/c1-24(2,3)15-7-8-16-26-17-13-22(14-18-26)19-21-9-11-23(12-10-21)27-20-25(4,5)6/h9-12,22H,8,13-14,16-20H2,1-6H3. The van der Waals surface area contributed by atoms with Crippen molar-refractivity contribution >= 4 is 0 Å². The van der Waals surface area contributed by atoms with E-state index in [9.17, 15) is 0 Å². The number of hydrogen-bond acceptors (Lipinski definition) is 2. The van der Waals surface area contributed by atoms with E-state index in [1.165, 1.54) is 37.9 Å². The molecule has 0 bridgehead atoms. The highest BCUT2D eigenvalue weighted by Crippen LogP contribution is 2.24. The quantitative estimate of drug-likeness (QED) is 0.587. The summed E-state index contributed by atoms with van der Waals surface area (Å²) in [6, 6.07) is 8.74. The molecule has 150 valence electrons. The van der Waals surface area contributed by atoms with E-state index >= 15 is 0 Å². The fourth-order valence-electron chi connectivity index (χ4n) is 3.31. The molecule has 1 aliphatic heterocycles. The summed E-state index contributed by atoms with van der Waals surface area (Å²) in [4.78, 5) is 2.58. The minimum Gasteiger partial charge on any atom is -0.493 e. The van der Waals surface area contributed by atoms with Gasteiger partial charge in [0, 0.05) is 18.4 Å². The van der Waals surface area contributed by atoms with Crippen LogP contribution in [0.2, 0.25) is 0 Å². The van der Waals surface area contributed by atoms with Gasteiger partial charge in [-0.15, -0.1) is 5.92 Å². The molecule has 2 rings (SSSR count). The van der Waals surface area contributed by atoms with Crippen molar-refractivity contribution in [3.05, 3.63) is 29.8 Å². The van der Waals surface area contributed by atoms with E-state index in [2.05, 4.69) is 82.5 Å². The molecule has 27 heavy (non-hydrogen) atoms. The Morgan fingerprint density at radius 3 is 2.19 bits per heavy atom. The second-order valence-electron chi connectivity index (χ2n) is 10.3. The van der Waals surface area contributed by atoms with E-state index in [4.69, 9.17) is 4.74 Å². The Bertz CT molecular complexity index is 614. The highest BCUT2D eigenvalue weighted by molar-refractivity contribution is 5.27. The summed E-state index contributed by atoms with van der Waals surface area (Å²) in [5, 5.41) is 0. The molecule has 0 aromatic heterocycles. The molecule has 0 N–H and O–H groups in total. The first-order chi connectivity index (χ1) is 12.6. The van der Waals surface area contributed by atoms with E-state index in [1.807, 2.05) is 0 Å². The fourth-order valence-corrected chi connectivity index (χ4v) is 3.31. The molecule has 0 unspecified atom stereocenters. The van der Waals surface area contributed by atoms with Crippen LogP contribution in [-0.4, -0.2) is 31.1 Å². The van der Waals surface area contributed by atoms with E-state index in [0.717, 1.165) is 31.2 Å². The van der Waals surface area contributed by atoms with Crippen LogP contribution < -0.4 is 4.74 Å². The van der Waals surface area contributed by atoms with Gasteiger partial charge in [-0.3, -0.25) is 0 Å². The molecule has 1 saturated heterocycles. The topological polar surface area (TPSA) is 12.5 Å². The third-order valence-electron chi connectivity index (χ3n) is 4.84. The van der Waals surface area contributed by atoms with Crippen molar-refractivity contribution in [1.29, 1.82) is 0 Å². The summed E-state index contributed by atoms with van der Waals surface area (Å²) < 4.78 is 5.88. The van der Waals surface area contributed by atoms with E-state index in [1.54, 1.807) is 0 Å². The van der Waals surface area contributed by atoms with Crippen LogP contribution in [0, 0.1) is 28.6 Å². The first-order valence-electron chi connectivity index (χ1n) is 10.5. The van der Waals surface area contributed by atoms with Gasteiger partial charge in [0.2, 0.25) is 0 Å². The average molecular weight is 370 g/mol. The van der Waals surface area contributed by atoms with Gasteiger partial charge in [-0.25, -0.2) is 0 Å². The third-order valence-corrected chi connectivity index (χ3v) is 4.84. The van der Waals surface area contributed by atoms with Crippen LogP contribution in [0.5, 0.6) is 5.75 Å². The molecule has 0 amide bonds. The fraction of sp³-hybridized carbons (Fsp3) is 0.680. The van der Waals surface area contributed by atoms with Crippen molar-refractivity contribution < 1.29 is 4.74 Å². The zero-order valence-electron chi connectivity index (χ0n) is 18.4. The molecule has 1 aromatic rings. The van der Waals surface area contributed by atoms with Crippen molar-refractivity contribution in [2.45, 2.75) is 67.2 Å². The first kappa shape index (κ1) is 21.8. The summed E-state index contributed by atoms with van der Waals surface area (Å²) in [6.07, 6.45) is 4.79. The number of nitrogens with zero attached hydrogens (tertiary/aromatic N) is 1. The molecule has 0 spiro atoms. The van der Waals surface area contributed by atoms with Gasteiger partial charge in [-0.1, -0.05) is 38.8 Å². The van der Waals surface area contributed by atoms with Gasteiger partial charge in [0.15, 0.2) is 0 Å². The molecular weight excluding hydrogens is 330 g/mol. The van der Waals surface area contributed by atoms with Gasteiger partial charge in [-0.05, 0) is 82.2 Å². The molecule has 1 aromatic carbocycles. The Morgan fingerprint density at radius 2 is 1.63 bits per heavy atom. The number of ether oxygens (including phenoxy) is 1. The van der Waals surface area contributed by atoms with Crippen molar-refractivity contribution in [3.8, 4) is 17.6 Å². The van der Waals surface area contributed by atoms with Crippen molar-refractivity contribution in [2.24, 2.45) is 16.7 Å². The van der Waals surface area contributed by atoms with Gasteiger partial charge >= 0.3 is 0 Å². The molecule has 2 heteroatoms. The summed E-state index contributed by atoms with van der Waals surface area (Å²) in [7, 11) is 0. The zero-order chi connectivity index (χ0) is 19.9. The minimum absolute atomic E-state index is 0.125. The smallest absolute Gasteiger partial charge is 0.119 e. The lowest BCUT2D eigenvalue weighted by Gasteiger charge is -2.31. The molecule has 1 aliphatic rings.